The van der Waals surface area contributed by atoms with Crippen LogP contribution in [0.25, 0.3) is 0 Å². The van der Waals surface area contributed by atoms with Crippen LogP contribution in [0.15, 0.2) is 16.5 Å². The van der Waals surface area contributed by atoms with Gasteiger partial charge in [-0.1, -0.05) is 0 Å². The minimum absolute atomic E-state index is 0.0639. The predicted octanol–water partition coefficient (Wildman–Crippen LogP) is 1.28. The first-order chi connectivity index (χ1) is 7.58. The van der Waals surface area contributed by atoms with Crippen molar-refractivity contribution in [2.75, 3.05) is 6.54 Å². The number of aliphatic carboxylic acids is 1. The van der Waals surface area contributed by atoms with Gasteiger partial charge in [-0.3, -0.25) is 9.59 Å². The Kier molecular flexibility index (Phi) is 2.68. The van der Waals surface area contributed by atoms with Crippen LogP contribution in [0.1, 0.15) is 29.2 Å². The Morgan fingerprint density at radius 2 is 2.19 bits per heavy atom. The highest BCUT2D eigenvalue weighted by Crippen LogP contribution is 2.28. The van der Waals surface area contributed by atoms with Gasteiger partial charge in [-0.15, -0.1) is 0 Å². The monoisotopic (exact) mass is 223 g/mol. The van der Waals surface area contributed by atoms with Crippen LogP contribution in [-0.2, 0) is 4.79 Å². The second-order valence-corrected chi connectivity index (χ2v) is 3.97. The molecule has 0 aromatic carbocycles. The quantitative estimate of drug-likeness (QED) is 0.834. The van der Waals surface area contributed by atoms with Crippen molar-refractivity contribution in [2.45, 2.75) is 25.8 Å². The van der Waals surface area contributed by atoms with Crippen molar-refractivity contribution in [1.29, 1.82) is 0 Å². The van der Waals surface area contributed by atoms with Crippen molar-refractivity contribution in [3.8, 4) is 0 Å². The van der Waals surface area contributed by atoms with Gasteiger partial charge in [0.25, 0.3) is 5.91 Å². The van der Waals surface area contributed by atoms with Gasteiger partial charge in [0.1, 0.15) is 12.3 Å². The largest absolute Gasteiger partial charge is 0.480 e. The Hall–Kier alpha value is -1.78. The summed E-state index contributed by atoms with van der Waals surface area (Å²) in [6, 6.07) is 3.34. The Morgan fingerprint density at radius 3 is 2.62 bits per heavy atom. The SMILES string of the molecule is Cc1ccc(C(=O)N(CC(=O)O)C2CC2)o1. The molecule has 0 saturated heterocycles. The van der Waals surface area contributed by atoms with Gasteiger partial charge in [0.05, 0.1) is 0 Å². The molecule has 0 radical (unpaired) electrons. The summed E-state index contributed by atoms with van der Waals surface area (Å²) in [5.74, 6) is -0.471. The number of amides is 1. The molecule has 0 spiro atoms. The molecule has 5 heteroatoms. The Morgan fingerprint density at radius 1 is 1.50 bits per heavy atom. The molecule has 5 nitrogen and oxygen atoms in total. The van der Waals surface area contributed by atoms with Crippen molar-refractivity contribution >= 4 is 11.9 Å². The molecule has 16 heavy (non-hydrogen) atoms. The van der Waals surface area contributed by atoms with Crippen LogP contribution < -0.4 is 0 Å². The number of hydrogen-bond acceptors (Lipinski definition) is 3. The third kappa shape index (κ3) is 2.24. The zero-order valence-electron chi connectivity index (χ0n) is 8.97. The van der Waals surface area contributed by atoms with Crippen LogP contribution >= 0.6 is 0 Å². The molecule has 1 N–H and O–H groups in total. The fourth-order valence-corrected chi connectivity index (χ4v) is 1.59. The van der Waals surface area contributed by atoms with Gasteiger partial charge in [-0.2, -0.15) is 0 Å². The lowest BCUT2D eigenvalue weighted by Crippen LogP contribution is -2.37. The Labute approximate surface area is 92.7 Å². The van der Waals surface area contributed by atoms with Gasteiger partial charge >= 0.3 is 5.97 Å². The molecular weight excluding hydrogens is 210 g/mol. The van der Waals surface area contributed by atoms with E-state index in [4.69, 9.17) is 9.52 Å². The van der Waals surface area contributed by atoms with E-state index < -0.39 is 5.97 Å². The van der Waals surface area contributed by atoms with E-state index in [0.29, 0.717) is 5.76 Å². The highest BCUT2D eigenvalue weighted by atomic mass is 16.4. The van der Waals surface area contributed by atoms with E-state index in [1.807, 2.05) is 0 Å². The fourth-order valence-electron chi connectivity index (χ4n) is 1.59. The average molecular weight is 223 g/mol. The summed E-state index contributed by atoms with van der Waals surface area (Å²) < 4.78 is 5.20. The number of hydrogen-bond donors (Lipinski definition) is 1. The van der Waals surface area contributed by atoms with E-state index >= 15 is 0 Å². The summed E-state index contributed by atoms with van der Waals surface area (Å²) >= 11 is 0. The van der Waals surface area contributed by atoms with Crippen molar-refractivity contribution in [3.63, 3.8) is 0 Å². The Bertz CT molecular complexity index is 419. The minimum atomic E-state index is -0.997. The van der Waals surface area contributed by atoms with Crippen LogP contribution in [0.4, 0.5) is 0 Å². The molecule has 1 heterocycles. The molecule has 2 rings (SSSR count). The fraction of sp³-hybridized carbons (Fsp3) is 0.455. The van der Waals surface area contributed by atoms with Gasteiger partial charge in [-0.25, -0.2) is 0 Å². The van der Waals surface area contributed by atoms with Gasteiger partial charge in [0, 0.05) is 6.04 Å². The lowest BCUT2D eigenvalue weighted by molar-refractivity contribution is -0.137. The average Bonchev–Trinajstić information content (AvgIpc) is 2.96. The number of aryl methyl sites for hydroxylation is 1. The zero-order chi connectivity index (χ0) is 11.7. The van der Waals surface area contributed by atoms with E-state index in [-0.39, 0.29) is 24.3 Å². The van der Waals surface area contributed by atoms with Crippen LogP contribution in [-0.4, -0.2) is 34.5 Å². The first kappa shape index (κ1) is 10.7. The van der Waals surface area contributed by atoms with E-state index in [1.54, 1.807) is 19.1 Å². The summed E-state index contributed by atoms with van der Waals surface area (Å²) in [6.45, 7) is 1.48. The summed E-state index contributed by atoms with van der Waals surface area (Å²) in [7, 11) is 0. The zero-order valence-corrected chi connectivity index (χ0v) is 8.97. The number of nitrogens with zero attached hydrogens (tertiary/aromatic N) is 1. The molecule has 0 aliphatic heterocycles. The topological polar surface area (TPSA) is 70.8 Å². The predicted molar refractivity (Wildman–Crippen MR) is 55.1 cm³/mol. The third-order valence-corrected chi connectivity index (χ3v) is 2.51. The van der Waals surface area contributed by atoms with Gasteiger partial charge in [-0.05, 0) is 31.9 Å². The molecule has 1 amide bonds. The molecule has 0 unspecified atom stereocenters. The molecule has 86 valence electrons. The van der Waals surface area contributed by atoms with Crippen LogP contribution in [0.2, 0.25) is 0 Å². The molecule has 1 aliphatic carbocycles. The maximum absolute atomic E-state index is 11.9. The van der Waals surface area contributed by atoms with Crippen molar-refractivity contribution in [1.82, 2.24) is 4.90 Å². The second-order valence-electron chi connectivity index (χ2n) is 3.97. The Balaban J connectivity index is 2.13. The lowest BCUT2D eigenvalue weighted by atomic mass is 10.3. The van der Waals surface area contributed by atoms with Crippen LogP contribution in [0.5, 0.6) is 0 Å². The van der Waals surface area contributed by atoms with E-state index in [2.05, 4.69) is 0 Å². The van der Waals surface area contributed by atoms with E-state index in [1.165, 1.54) is 4.90 Å². The van der Waals surface area contributed by atoms with E-state index in [0.717, 1.165) is 12.8 Å². The summed E-state index contributed by atoms with van der Waals surface area (Å²) in [6.07, 6.45) is 1.75. The molecular formula is C11H13NO4. The van der Waals surface area contributed by atoms with Crippen molar-refractivity contribution in [3.05, 3.63) is 23.7 Å². The van der Waals surface area contributed by atoms with Crippen LogP contribution in [0.3, 0.4) is 0 Å². The number of carbonyl (C=O) groups is 2. The maximum atomic E-state index is 11.9. The molecule has 1 fully saturated rings. The van der Waals surface area contributed by atoms with Gasteiger partial charge in [0.2, 0.25) is 0 Å². The summed E-state index contributed by atoms with van der Waals surface area (Å²) in [5.41, 5.74) is 0. The number of carboxylic acid groups (broad SMARTS) is 1. The molecule has 1 aromatic heterocycles. The number of furan rings is 1. The molecule has 1 aliphatic rings. The number of carbonyl (C=O) groups excluding carboxylic acids is 1. The lowest BCUT2D eigenvalue weighted by Gasteiger charge is -2.18. The highest BCUT2D eigenvalue weighted by Gasteiger charge is 2.35. The standard InChI is InChI=1S/C11H13NO4/c1-7-2-5-9(16-7)11(15)12(6-10(13)14)8-3-4-8/h2,5,8H,3-4,6H2,1H3,(H,13,14). The molecule has 1 saturated carbocycles. The van der Waals surface area contributed by atoms with E-state index in [9.17, 15) is 9.59 Å². The minimum Gasteiger partial charge on any atom is -0.480 e. The highest BCUT2D eigenvalue weighted by molar-refractivity contribution is 5.93. The second kappa shape index (κ2) is 4.00. The van der Waals surface area contributed by atoms with Crippen LogP contribution in [0, 0.1) is 6.92 Å². The molecule has 0 atom stereocenters. The van der Waals surface area contributed by atoms with Crippen molar-refractivity contribution in [2.24, 2.45) is 0 Å². The molecule has 1 aromatic rings. The first-order valence-corrected chi connectivity index (χ1v) is 5.17. The maximum Gasteiger partial charge on any atom is 0.323 e. The van der Waals surface area contributed by atoms with Crippen molar-refractivity contribution < 1.29 is 19.1 Å². The van der Waals surface area contributed by atoms with Gasteiger partial charge in [0.15, 0.2) is 5.76 Å². The first-order valence-electron chi connectivity index (χ1n) is 5.17. The summed E-state index contributed by atoms with van der Waals surface area (Å²) in [5, 5.41) is 8.74. The third-order valence-electron chi connectivity index (χ3n) is 2.51. The number of rotatable bonds is 4. The number of carboxylic acids is 1. The normalized spacial score (nSPS) is 14.8. The smallest absolute Gasteiger partial charge is 0.323 e. The van der Waals surface area contributed by atoms with Gasteiger partial charge < -0.3 is 14.4 Å². The molecule has 0 bridgehead atoms. The summed E-state index contributed by atoms with van der Waals surface area (Å²) in [4.78, 5) is 24.0.